The highest BCUT2D eigenvalue weighted by molar-refractivity contribution is 6.02. The molecule has 2 nitrogen and oxygen atoms in total. The van der Waals surface area contributed by atoms with E-state index in [1.165, 1.54) is 19.3 Å². The summed E-state index contributed by atoms with van der Waals surface area (Å²) in [6.45, 7) is 2.00. The van der Waals surface area contributed by atoms with Crippen molar-refractivity contribution in [3.63, 3.8) is 0 Å². The molecule has 3 aliphatic carbocycles. The van der Waals surface area contributed by atoms with Crippen LogP contribution in [0.3, 0.4) is 0 Å². The molecule has 3 saturated carbocycles. The van der Waals surface area contributed by atoms with Crippen molar-refractivity contribution in [3.05, 3.63) is 41.6 Å². The van der Waals surface area contributed by atoms with Crippen LogP contribution in [0.1, 0.15) is 35.3 Å². The Labute approximate surface area is 124 Å². The summed E-state index contributed by atoms with van der Waals surface area (Å²) in [5.74, 6) is 3.90. The van der Waals surface area contributed by atoms with E-state index in [9.17, 15) is 4.79 Å². The van der Waals surface area contributed by atoms with Gasteiger partial charge in [-0.05, 0) is 74.1 Å². The molecule has 21 heavy (non-hydrogen) atoms. The Morgan fingerprint density at radius 2 is 1.86 bits per heavy atom. The van der Waals surface area contributed by atoms with Crippen molar-refractivity contribution in [2.75, 3.05) is 0 Å². The number of benzene rings is 1. The van der Waals surface area contributed by atoms with Gasteiger partial charge >= 0.3 is 0 Å². The monoisotopic (exact) mass is 277 g/mol. The van der Waals surface area contributed by atoms with Gasteiger partial charge in [-0.1, -0.05) is 6.07 Å². The SMILES string of the molecule is Cc1ccc2cc(C(=O)C3C4C5CCC(C5)C34)ccc2n1. The van der Waals surface area contributed by atoms with E-state index < -0.39 is 0 Å². The molecule has 4 unspecified atom stereocenters. The predicted molar refractivity (Wildman–Crippen MR) is 82.1 cm³/mol. The van der Waals surface area contributed by atoms with E-state index in [0.717, 1.165) is 45.8 Å². The molecular formula is C19H19NO. The molecule has 106 valence electrons. The molecule has 3 fully saturated rings. The number of hydrogen-bond donors (Lipinski definition) is 0. The summed E-state index contributed by atoms with van der Waals surface area (Å²) in [7, 11) is 0. The molecule has 0 amide bonds. The van der Waals surface area contributed by atoms with E-state index in [2.05, 4.69) is 11.1 Å². The maximum Gasteiger partial charge on any atom is 0.166 e. The van der Waals surface area contributed by atoms with Gasteiger partial charge in [-0.25, -0.2) is 0 Å². The first-order valence-corrected chi connectivity index (χ1v) is 8.14. The van der Waals surface area contributed by atoms with Crippen LogP contribution in [-0.2, 0) is 0 Å². The number of pyridine rings is 1. The second-order valence-electron chi connectivity index (χ2n) is 7.24. The maximum absolute atomic E-state index is 12.8. The molecule has 1 heterocycles. The Balaban J connectivity index is 1.48. The Bertz CT molecular complexity index is 749. The highest BCUT2D eigenvalue weighted by Gasteiger charge is 2.67. The summed E-state index contributed by atoms with van der Waals surface area (Å²) in [6.07, 6.45) is 4.15. The van der Waals surface area contributed by atoms with E-state index in [1.54, 1.807) is 0 Å². The van der Waals surface area contributed by atoms with Gasteiger partial charge in [-0.15, -0.1) is 0 Å². The number of nitrogens with zero attached hydrogens (tertiary/aromatic N) is 1. The van der Waals surface area contributed by atoms with E-state index in [0.29, 0.717) is 11.7 Å². The minimum Gasteiger partial charge on any atom is -0.294 e. The third-order valence-corrected chi connectivity index (χ3v) is 6.15. The number of aromatic nitrogens is 1. The standard InChI is InChI=1S/C19H19NO/c1-10-2-3-11-8-14(6-7-15(11)20-10)19(21)18-16-12-4-5-13(9-12)17(16)18/h2-3,6-8,12-13,16-18H,4-5,9H2,1H3. The van der Waals surface area contributed by atoms with Crippen molar-refractivity contribution in [2.24, 2.45) is 29.6 Å². The van der Waals surface area contributed by atoms with Gasteiger partial charge in [0.2, 0.25) is 0 Å². The second-order valence-corrected chi connectivity index (χ2v) is 7.24. The molecule has 4 atom stereocenters. The zero-order valence-electron chi connectivity index (χ0n) is 12.3. The molecule has 2 heteroatoms. The highest BCUT2D eigenvalue weighted by Crippen LogP contribution is 2.69. The molecule has 3 aliphatic rings. The molecule has 1 aromatic heterocycles. The number of rotatable bonds is 2. The summed E-state index contributed by atoms with van der Waals surface area (Å²) < 4.78 is 0. The number of carbonyl (C=O) groups is 1. The fourth-order valence-electron chi connectivity index (χ4n) is 5.25. The van der Waals surface area contributed by atoms with Crippen LogP contribution >= 0.6 is 0 Å². The van der Waals surface area contributed by atoms with Gasteiger partial charge in [0.15, 0.2) is 5.78 Å². The number of carbonyl (C=O) groups excluding carboxylic acids is 1. The predicted octanol–water partition coefficient (Wildman–Crippen LogP) is 4.02. The van der Waals surface area contributed by atoms with Crippen LogP contribution < -0.4 is 0 Å². The first kappa shape index (κ1) is 11.9. The smallest absolute Gasteiger partial charge is 0.166 e. The number of ketones is 1. The lowest BCUT2D eigenvalue weighted by Gasteiger charge is -2.08. The Kier molecular flexibility index (Phi) is 2.23. The van der Waals surface area contributed by atoms with E-state index in [-0.39, 0.29) is 0 Å². The van der Waals surface area contributed by atoms with Crippen molar-refractivity contribution in [2.45, 2.75) is 26.2 Å². The van der Waals surface area contributed by atoms with Crippen LogP contribution in [0, 0.1) is 36.5 Å². The second kappa shape index (κ2) is 3.94. The highest BCUT2D eigenvalue weighted by atomic mass is 16.1. The summed E-state index contributed by atoms with van der Waals surface area (Å²) in [6, 6.07) is 10.1. The Morgan fingerprint density at radius 1 is 1.10 bits per heavy atom. The molecule has 2 aromatic rings. The molecule has 0 saturated heterocycles. The van der Waals surface area contributed by atoms with Crippen molar-refractivity contribution in [1.29, 1.82) is 0 Å². The lowest BCUT2D eigenvalue weighted by molar-refractivity contribution is 0.0944. The van der Waals surface area contributed by atoms with E-state index in [4.69, 9.17) is 0 Å². The average molecular weight is 277 g/mol. The Hall–Kier alpha value is -1.70. The third-order valence-electron chi connectivity index (χ3n) is 6.15. The normalized spacial score (nSPS) is 36.0. The molecule has 0 spiro atoms. The fraction of sp³-hybridized carbons (Fsp3) is 0.474. The number of aryl methyl sites for hydroxylation is 1. The maximum atomic E-state index is 12.8. The summed E-state index contributed by atoms with van der Waals surface area (Å²) >= 11 is 0. The van der Waals surface area contributed by atoms with Crippen LogP contribution in [0.2, 0.25) is 0 Å². The van der Waals surface area contributed by atoms with Gasteiger partial charge in [-0.3, -0.25) is 9.78 Å². The van der Waals surface area contributed by atoms with E-state index >= 15 is 0 Å². The van der Waals surface area contributed by atoms with Gasteiger partial charge in [0.05, 0.1) is 5.52 Å². The fourth-order valence-corrected chi connectivity index (χ4v) is 5.25. The molecule has 0 N–H and O–H groups in total. The van der Waals surface area contributed by atoms with Gasteiger partial charge in [0.25, 0.3) is 0 Å². The largest absolute Gasteiger partial charge is 0.294 e. The average Bonchev–Trinajstić information content (AvgIpc) is 2.93. The molecule has 1 aromatic carbocycles. The van der Waals surface area contributed by atoms with E-state index in [1.807, 2.05) is 31.2 Å². The quantitative estimate of drug-likeness (QED) is 0.776. The van der Waals surface area contributed by atoms with Crippen LogP contribution in [-0.4, -0.2) is 10.8 Å². The third kappa shape index (κ3) is 1.59. The number of Topliss-reactive ketones (excluding diaryl/α,β-unsaturated/α-hetero) is 1. The summed E-state index contributed by atoms with van der Waals surface area (Å²) in [5.41, 5.74) is 2.91. The topological polar surface area (TPSA) is 30.0 Å². The minimum atomic E-state index is 0.340. The van der Waals surface area contributed by atoms with Crippen LogP contribution in [0.4, 0.5) is 0 Å². The molecule has 0 aliphatic heterocycles. The van der Waals surface area contributed by atoms with Crippen molar-refractivity contribution < 1.29 is 4.79 Å². The zero-order valence-corrected chi connectivity index (χ0v) is 12.3. The van der Waals surface area contributed by atoms with Crippen molar-refractivity contribution >= 4 is 16.7 Å². The minimum absolute atomic E-state index is 0.340. The van der Waals surface area contributed by atoms with Crippen LogP contribution in [0.15, 0.2) is 30.3 Å². The van der Waals surface area contributed by atoms with Gasteiger partial charge < -0.3 is 0 Å². The Morgan fingerprint density at radius 3 is 2.62 bits per heavy atom. The lowest BCUT2D eigenvalue weighted by atomic mass is 9.95. The summed E-state index contributed by atoms with van der Waals surface area (Å²) in [5, 5.41) is 1.08. The van der Waals surface area contributed by atoms with Crippen LogP contribution in [0.5, 0.6) is 0 Å². The first-order valence-electron chi connectivity index (χ1n) is 8.14. The van der Waals surface area contributed by atoms with Gasteiger partial charge in [-0.2, -0.15) is 0 Å². The molecule has 2 bridgehead atoms. The van der Waals surface area contributed by atoms with Crippen molar-refractivity contribution in [3.8, 4) is 0 Å². The molecular weight excluding hydrogens is 258 g/mol. The van der Waals surface area contributed by atoms with Crippen molar-refractivity contribution in [1.82, 2.24) is 4.98 Å². The number of hydrogen-bond acceptors (Lipinski definition) is 2. The molecule has 5 rings (SSSR count). The van der Waals surface area contributed by atoms with Crippen LogP contribution in [0.25, 0.3) is 10.9 Å². The molecule has 0 radical (unpaired) electrons. The zero-order chi connectivity index (χ0) is 14.1. The number of fused-ring (bicyclic) bond motifs is 6. The summed E-state index contributed by atoms with van der Waals surface area (Å²) in [4.78, 5) is 17.3. The lowest BCUT2D eigenvalue weighted by Crippen LogP contribution is -2.10. The van der Waals surface area contributed by atoms with Gasteiger partial charge in [0.1, 0.15) is 0 Å². The van der Waals surface area contributed by atoms with Gasteiger partial charge in [0, 0.05) is 22.6 Å². The first-order chi connectivity index (χ1) is 10.2.